The van der Waals surface area contributed by atoms with Crippen LogP contribution in [0.25, 0.3) is 5.57 Å². The van der Waals surface area contributed by atoms with Gasteiger partial charge in [0.2, 0.25) is 0 Å². The van der Waals surface area contributed by atoms with Gasteiger partial charge in [-0.25, -0.2) is 9.78 Å². The number of alkyl carbamates (subject to hydrolysis) is 1. The lowest BCUT2D eigenvalue weighted by atomic mass is 9.90. The number of carbonyl (C=O) groups is 2. The number of halogens is 2. The lowest BCUT2D eigenvalue weighted by Crippen LogP contribution is -2.32. The molecule has 0 fully saturated rings. The van der Waals surface area contributed by atoms with E-state index in [1.54, 1.807) is 20.8 Å². The van der Waals surface area contributed by atoms with Crippen LogP contribution in [0, 0.1) is 6.92 Å². The van der Waals surface area contributed by atoms with E-state index in [9.17, 15) is 9.59 Å². The molecule has 2 heterocycles. The molecule has 8 heteroatoms. The summed E-state index contributed by atoms with van der Waals surface area (Å²) < 4.78 is 5.32. The van der Waals surface area contributed by atoms with Crippen molar-refractivity contribution >= 4 is 40.8 Å². The topological polar surface area (TPSA) is 80.3 Å². The van der Waals surface area contributed by atoms with Gasteiger partial charge in [0.15, 0.2) is 0 Å². The van der Waals surface area contributed by atoms with Crippen LogP contribution in [0.4, 0.5) is 4.79 Å². The van der Waals surface area contributed by atoms with Gasteiger partial charge in [-0.1, -0.05) is 23.8 Å². The van der Waals surface area contributed by atoms with Crippen molar-refractivity contribution in [2.75, 3.05) is 0 Å². The summed E-state index contributed by atoms with van der Waals surface area (Å²) in [6.45, 7) is 7.79. The number of hydrogen-bond donors (Lipinski definition) is 2. The molecule has 0 bridgehead atoms. The van der Waals surface area contributed by atoms with Gasteiger partial charge >= 0.3 is 6.09 Å². The Morgan fingerprint density at radius 3 is 2.79 bits per heavy atom. The fraction of sp³-hybridized carbons (Fsp3) is 0.450. The summed E-state index contributed by atoms with van der Waals surface area (Å²) >= 11 is 12.7. The molecule has 2 aliphatic rings. The van der Waals surface area contributed by atoms with Gasteiger partial charge in [0, 0.05) is 41.4 Å². The zero-order chi connectivity index (χ0) is 20.6. The van der Waals surface area contributed by atoms with Crippen LogP contribution in [-0.2, 0) is 17.8 Å². The minimum Gasteiger partial charge on any atom is -0.444 e. The second-order valence-electron chi connectivity index (χ2n) is 7.81. The minimum atomic E-state index is -0.595. The van der Waals surface area contributed by atoms with E-state index in [1.807, 2.05) is 19.1 Å². The highest BCUT2D eigenvalue weighted by atomic mass is 35.5. The van der Waals surface area contributed by atoms with Crippen molar-refractivity contribution in [1.29, 1.82) is 0 Å². The van der Waals surface area contributed by atoms with Gasteiger partial charge in [-0.05, 0) is 38.8 Å². The van der Waals surface area contributed by atoms with Gasteiger partial charge in [-0.2, -0.15) is 0 Å². The summed E-state index contributed by atoms with van der Waals surface area (Å²) in [5, 5.41) is 6.04. The fourth-order valence-electron chi connectivity index (χ4n) is 3.27. The number of fused-ring (bicyclic) bond motifs is 1. The number of carbonyl (C=O) groups excluding carboxylic acids is 2. The Labute approximate surface area is 174 Å². The lowest BCUT2D eigenvalue weighted by Gasteiger charge is -2.23. The van der Waals surface area contributed by atoms with Crippen LogP contribution in [0.15, 0.2) is 17.2 Å². The monoisotopic (exact) mass is 423 g/mol. The molecule has 150 valence electrons. The van der Waals surface area contributed by atoms with Crippen molar-refractivity contribution in [2.24, 2.45) is 0 Å². The number of ether oxygens (including phenoxy) is 1. The molecule has 1 atom stereocenters. The molecule has 1 aromatic rings. The molecular weight excluding hydrogens is 401 g/mol. The molecule has 0 spiro atoms. The number of hydrogen-bond acceptors (Lipinski definition) is 4. The van der Waals surface area contributed by atoms with Crippen LogP contribution in [0.2, 0.25) is 0 Å². The molecular formula is C20H23Cl2N3O3. The smallest absolute Gasteiger partial charge is 0.407 e. The number of pyridine rings is 1. The molecule has 1 aliphatic carbocycles. The Morgan fingerprint density at radius 2 is 2.14 bits per heavy atom. The van der Waals surface area contributed by atoms with E-state index >= 15 is 0 Å². The Kier molecular flexibility index (Phi) is 5.73. The number of rotatable bonds is 3. The first-order valence-electron chi connectivity index (χ1n) is 9.05. The van der Waals surface area contributed by atoms with Crippen LogP contribution in [0.3, 0.4) is 0 Å². The van der Waals surface area contributed by atoms with E-state index in [0.717, 1.165) is 22.3 Å². The van der Waals surface area contributed by atoms with E-state index in [4.69, 9.17) is 27.9 Å². The SMILES string of the molecule is Cc1nc2c(c(C3=C(Cl)CC(Cl)C=C3)c1CNC(=O)OC(C)(C)C)CNC2=O. The van der Waals surface area contributed by atoms with Gasteiger partial charge in [-0.3, -0.25) is 4.79 Å². The van der Waals surface area contributed by atoms with Crippen LogP contribution >= 0.6 is 23.2 Å². The summed E-state index contributed by atoms with van der Waals surface area (Å²) in [7, 11) is 0. The molecule has 0 aromatic carbocycles. The molecule has 0 saturated heterocycles. The summed E-state index contributed by atoms with van der Waals surface area (Å²) in [6.07, 6.45) is 3.73. The van der Waals surface area contributed by atoms with E-state index in [0.29, 0.717) is 29.4 Å². The number of aromatic nitrogens is 1. The summed E-state index contributed by atoms with van der Waals surface area (Å²) in [4.78, 5) is 28.8. The summed E-state index contributed by atoms with van der Waals surface area (Å²) in [5.74, 6) is -0.210. The molecule has 1 aromatic heterocycles. The maximum absolute atomic E-state index is 12.2. The Bertz CT molecular complexity index is 901. The van der Waals surface area contributed by atoms with Crippen LogP contribution in [-0.4, -0.2) is 28.0 Å². The van der Waals surface area contributed by atoms with Crippen molar-refractivity contribution in [2.45, 2.75) is 58.2 Å². The van der Waals surface area contributed by atoms with E-state index in [-0.39, 0.29) is 17.8 Å². The van der Waals surface area contributed by atoms with Crippen molar-refractivity contribution in [1.82, 2.24) is 15.6 Å². The first-order chi connectivity index (χ1) is 13.1. The highest BCUT2D eigenvalue weighted by Gasteiger charge is 2.30. The van der Waals surface area contributed by atoms with Gasteiger partial charge in [-0.15, -0.1) is 11.6 Å². The van der Waals surface area contributed by atoms with Gasteiger partial charge in [0.05, 0.1) is 5.38 Å². The Balaban J connectivity index is 2.03. The van der Waals surface area contributed by atoms with Crippen molar-refractivity contribution in [3.63, 3.8) is 0 Å². The average molecular weight is 424 g/mol. The first-order valence-corrected chi connectivity index (χ1v) is 9.87. The highest BCUT2D eigenvalue weighted by Crippen LogP contribution is 2.38. The van der Waals surface area contributed by atoms with Gasteiger partial charge in [0.25, 0.3) is 5.91 Å². The minimum absolute atomic E-state index is 0.171. The van der Waals surface area contributed by atoms with E-state index in [2.05, 4.69) is 15.6 Å². The molecule has 0 radical (unpaired) electrons. The van der Waals surface area contributed by atoms with Crippen LogP contribution in [0.5, 0.6) is 0 Å². The maximum Gasteiger partial charge on any atom is 0.407 e. The predicted molar refractivity (Wildman–Crippen MR) is 109 cm³/mol. The second kappa shape index (κ2) is 7.76. The Morgan fingerprint density at radius 1 is 1.43 bits per heavy atom. The molecule has 6 nitrogen and oxygen atoms in total. The van der Waals surface area contributed by atoms with E-state index < -0.39 is 11.7 Å². The fourth-order valence-corrected chi connectivity index (χ4v) is 3.90. The quantitative estimate of drug-likeness (QED) is 0.714. The van der Waals surface area contributed by atoms with E-state index in [1.165, 1.54) is 0 Å². The predicted octanol–water partition coefficient (Wildman–Crippen LogP) is 4.18. The first kappa shape index (κ1) is 20.7. The standard InChI is InChI=1S/C20H23Cl2N3O3/c1-10-13(8-24-19(27)28-20(2,3)4)16(12-6-5-11(21)7-15(12)22)14-9-23-18(26)17(14)25-10/h5-6,11H,7-9H2,1-4H3,(H,23,26)(H,24,27). The molecule has 1 aliphatic heterocycles. The summed E-state index contributed by atoms with van der Waals surface area (Å²) in [5.41, 5.74) is 3.66. The highest BCUT2D eigenvalue weighted by molar-refractivity contribution is 6.35. The average Bonchev–Trinajstić information content (AvgIpc) is 2.92. The number of nitrogens with zero attached hydrogens (tertiary/aromatic N) is 1. The third kappa shape index (κ3) is 4.33. The number of nitrogens with one attached hydrogen (secondary N) is 2. The third-order valence-electron chi connectivity index (χ3n) is 4.46. The number of amides is 2. The molecule has 0 saturated carbocycles. The molecule has 2 N–H and O–H groups in total. The molecule has 28 heavy (non-hydrogen) atoms. The maximum atomic E-state index is 12.2. The Hall–Kier alpha value is -2.05. The largest absolute Gasteiger partial charge is 0.444 e. The number of allylic oxidation sites excluding steroid dienone is 4. The van der Waals surface area contributed by atoms with Crippen LogP contribution < -0.4 is 10.6 Å². The van der Waals surface area contributed by atoms with Crippen molar-refractivity contribution in [3.05, 3.63) is 45.3 Å². The van der Waals surface area contributed by atoms with Crippen molar-refractivity contribution < 1.29 is 14.3 Å². The third-order valence-corrected chi connectivity index (χ3v) is 5.12. The lowest BCUT2D eigenvalue weighted by molar-refractivity contribution is 0.0523. The van der Waals surface area contributed by atoms with Gasteiger partial charge < -0.3 is 15.4 Å². The number of aryl methyl sites for hydroxylation is 1. The zero-order valence-electron chi connectivity index (χ0n) is 16.3. The van der Waals surface area contributed by atoms with Gasteiger partial charge in [0.1, 0.15) is 11.3 Å². The zero-order valence-corrected chi connectivity index (χ0v) is 17.8. The second-order valence-corrected chi connectivity index (χ2v) is 8.83. The molecule has 3 rings (SSSR count). The molecule has 1 unspecified atom stereocenters. The summed E-state index contributed by atoms with van der Waals surface area (Å²) in [6, 6.07) is 0. The number of alkyl halides is 1. The van der Waals surface area contributed by atoms with Crippen LogP contribution in [0.1, 0.15) is 60.1 Å². The molecule has 2 amide bonds. The van der Waals surface area contributed by atoms with Crippen molar-refractivity contribution in [3.8, 4) is 0 Å². The normalized spacial score (nSPS) is 18.8.